The molecule has 2 heterocycles. The molecule has 0 amide bonds. The average molecular weight is 640 g/mol. The van der Waals surface area contributed by atoms with Gasteiger partial charge in [0.25, 0.3) is 0 Å². The van der Waals surface area contributed by atoms with Gasteiger partial charge in [0.2, 0.25) is 0 Å². The van der Waals surface area contributed by atoms with Crippen LogP contribution in [0.1, 0.15) is 52.3 Å². The number of fused-ring (bicyclic) bond motifs is 6. The van der Waals surface area contributed by atoms with E-state index in [0.717, 1.165) is 57.2 Å². The zero-order chi connectivity index (χ0) is 33.8. The van der Waals surface area contributed by atoms with Gasteiger partial charge in [0.15, 0.2) is 0 Å². The summed E-state index contributed by atoms with van der Waals surface area (Å²) in [5, 5.41) is 33.0. The minimum absolute atomic E-state index is 0.0870. The van der Waals surface area contributed by atoms with Crippen molar-refractivity contribution in [2.45, 2.75) is 25.2 Å². The standard InChI is InChI=1S/C45H29N5/c46-26-29-14-22-44-40(23-29)38-21-13-30(27-47)24-45(38)50(44)43-12-6-3-9-37(43)39-25-32(15-16-33(39)28-48)31-17-19-34(20-18-31)49-41-10-4-1-7-35(41)36-8-2-5-11-42(36)49/h1-4,6-10,12-24,32H,5,11,25H2. The molecule has 0 spiro atoms. The minimum Gasteiger partial charge on any atom is -0.313 e. The summed E-state index contributed by atoms with van der Waals surface area (Å²) in [6.45, 7) is 0. The van der Waals surface area contributed by atoms with Crippen molar-refractivity contribution >= 4 is 44.4 Å². The van der Waals surface area contributed by atoms with Crippen molar-refractivity contribution in [3.05, 3.63) is 167 Å². The Balaban J connectivity index is 1.13. The normalized spacial score (nSPS) is 15.3. The number of para-hydroxylation sites is 2. The largest absolute Gasteiger partial charge is 0.313 e. The fraction of sp³-hybridized carbons (Fsp3) is 0.0889. The van der Waals surface area contributed by atoms with E-state index in [2.05, 4.69) is 106 Å². The fourth-order valence-electron chi connectivity index (χ4n) is 7.98. The van der Waals surface area contributed by atoms with Crippen molar-refractivity contribution in [1.29, 1.82) is 15.8 Å². The first-order valence-electron chi connectivity index (χ1n) is 16.9. The highest BCUT2D eigenvalue weighted by Gasteiger charge is 2.24. The Morgan fingerprint density at radius 1 is 0.620 bits per heavy atom. The van der Waals surface area contributed by atoms with Crippen LogP contribution in [-0.2, 0) is 6.42 Å². The lowest BCUT2D eigenvalue weighted by atomic mass is 9.82. The quantitative estimate of drug-likeness (QED) is 0.192. The molecule has 1 atom stereocenters. The molecule has 5 aromatic carbocycles. The molecule has 2 aliphatic rings. The number of benzene rings is 5. The van der Waals surface area contributed by atoms with Crippen LogP contribution in [0.4, 0.5) is 0 Å². The number of nitrogens with zero attached hydrogens (tertiary/aromatic N) is 5. The van der Waals surface area contributed by atoms with Crippen molar-refractivity contribution in [3.63, 3.8) is 0 Å². The van der Waals surface area contributed by atoms with Crippen LogP contribution in [0.25, 0.3) is 55.7 Å². The van der Waals surface area contributed by atoms with E-state index in [1.807, 2.05) is 54.6 Å². The van der Waals surface area contributed by atoms with E-state index >= 15 is 0 Å². The second-order valence-electron chi connectivity index (χ2n) is 13.0. The smallest absolute Gasteiger partial charge is 0.0994 e. The van der Waals surface area contributed by atoms with Gasteiger partial charge in [-0.2, -0.15) is 15.8 Å². The van der Waals surface area contributed by atoms with Gasteiger partial charge in [-0.25, -0.2) is 0 Å². The van der Waals surface area contributed by atoms with Crippen molar-refractivity contribution in [1.82, 2.24) is 9.13 Å². The monoisotopic (exact) mass is 639 g/mol. The predicted molar refractivity (Wildman–Crippen MR) is 200 cm³/mol. The van der Waals surface area contributed by atoms with Gasteiger partial charge in [-0.15, -0.1) is 0 Å². The van der Waals surface area contributed by atoms with Gasteiger partial charge in [-0.05, 0) is 91.1 Å². The number of allylic oxidation sites excluding steroid dienone is 5. The molecular formula is C45H29N5. The zero-order valence-electron chi connectivity index (χ0n) is 27.1. The molecule has 0 N–H and O–H groups in total. The minimum atomic E-state index is 0.0870. The summed E-state index contributed by atoms with van der Waals surface area (Å²) >= 11 is 0. The molecule has 0 fully saturated rings. The first-order chi connectivity index (χ1) is 24.7. The van der Waals surface area contributed by atoms with Crippen LogP contribution >= 0.6 is 0 Å². The van der Waals surface area contributed by atoms with Gasteiger partial charge >= 0.3 is 0 Å². The molecule has 0 aliphatic heterocycles. The summed E-state index contributed by atoms with van der Waals surface area (Å²) in [6, 6.07) is 44.2. The highest BCUT2D eigenvalue weighted by Crippen LogP contribution is 2.42. The maximum atomic E-state index is 10.4. The second kappa shape index (κ2) is 11.7. The molecule has 234 valence electrons. The van der Waals surface area contributed by atoms with Crippen molar-refractivity contribution in [3.8, 4) is 29.6 Å². The Labute approximate surface area is 289 Å². The number of aromatic nitrogens is 2. The zero-order valence-corrected chi connectivity index (χ0v) is 27.1. The van der Waals surface area contributed by atoms with Crippen LogP contribution in [0.5, 0.6) is 0 Å². The van der Waals surface area contributed by atoms with Crippen LogP contribution in [0.3, 0.4) is 0 Å². The molecule has 0 radical (unpaired) electrons. The summed E-state index contributed by atoms with van der Waals surface area (Å²) in [4.78, 5) is 0. The van der Waals surface area contributed by atoms with Crippen LogP contribution in [0.2, 0.25) is 0 Å². The van der Waals surface area contributed by atoms with E-state index in [1.54, 1.807) is 0 Å². The molecule has 2 aromatic heterocycles. The van der Waals surface area contributed by atoms with Crippen LogP contribution in [-0.4, -0.2) is 9.13 Å². The molecule has 9 rings (SSSR count). The molecule has 0 saturated heterocycles. The van der Waals surface area contributed by atoms with Gasteiger partial charge < -0.3 is 9.13 Å². The third-order valence-corrected chi connectivity index (χ3v) is 10.3. The summed E-state index contributed by atoms with van der Waals surface area (Å²) in [6.07, 6.45) is 11.4. The topological polar surface area (TPSA) is 81.2 Å². The first kappa shape index (κ1) is 29.3. The Morgan fingerprint density at radius 3 is 2.22 bits per heavy atom. The van der Waals surface area contributed by atoms with E-state index in [9.17, 15) is 15.8 Å². The molecule has 50 heavy (non-hydrogen) atoms. The van der Waals surface area contributed by atoms with Gasteiger partial charge in [0, 0.05) is 44.6 Å². The van der Waals surface area contributed by atoms with Gasteiger partial charge in [-0.1, -0.05) is 72.8 Å². The average Bonchev–Trinajstić information content (AvgIpc) is 3.69. The van der Waals surface area contributed by atoms with E-state index in [-0.39, 0.29) is 5.92 Å². The molecule has 7 aromatic rings. The Bertz CT molecular complexity index is 2760. The molecule has 5 heteroatoms. The van der Waals surface area contributed by atoms with Gasteiger partial charge in [0.1, 0.15) is 0 Å². The van der Waals surface area contributed by atoms with Crippen molar-refractivity contribution < 1.29 is 0 Å². The van der Waals surface area contributed by atoms with E-state index < -0.39 is 0 Å². The third-order valence-electron chi connectivity index (χ3n) is 10.3. The summed E-state index contributed by atoms with van der Waals surface area (Å²) in [5.41, 5.74) is 12.8. The maximum absolute atomic E-state index is 10.4. The fourth-order valence-corrected chi connectivity index (χ4v) is 7.98. The Kier molecular flexibility index (Phi) is 6.84. The molecule has 5 nitrogen and oxygen atoms in total. The molecular weight excluding hydrogens is 611 g/mol. The number of nitriles is 3. The van der Waals surface area contributed by atoms with Gasteiger partial charge in [-0.3, -0.25) is 0 Å². The first-order valence-corrected chi connectivity index (χ1v) is 16.9. The molecule has 1 unspecified atom stereocenters. The van der Waals surface area contributed by atoms with E-state index in [1.165, 1.54) is 27.7 Å². The van der Waals surface area contributed by atoms with E-state index in [4.69, 9.17) is 0 Å². The maximum Gasteiger partial charge on any atom is 0.0994 e. The predicted octanol–water partition coefficient (Wildman–Crippen LogP) is 10.5. The lowest BCUT2D eigenvalue weighted by Crippen LogP contribution is -2.07. The highest BCUT2D eigenvalue weighted by molar-refractivity contribution is 6.10. The van der Waals surface area contributed by atoms with E-state index in [0.29, 0.717) is 23.1 Å². The number of hydrogen-bond donors (Lipinski definition) is 0. The van der Waals surface area contributed by atoms with Crippen LogP contribution in [0.15, 0.2) is 133 Å². The summed E-state index contributed by atoms with van der Waals surface area (Å²) < 4.78 is 4.58. The SMILES string of the molecule is N#CC1=C(c2ccccc2-n2c3ccc(C#N)cc3c3ccc(C#N)cc32)CC(c2ccc(-n3c4c(c5ccccc53)C=CCC4)cc2)C=C1. The van der Waals surface area contributed by atoms with Gasteiger partial charge in [0.05, 0.1) is 57.1 Å². The molecule has 2 aliphatic carbocycles. The summed E-state index contributed by atoms with van der Waals surface area (Å²) in [7, 11) is 0. The number of rotatable bonds is 4. The lowest BCUT2D eigenvalue weighted by molar-refractivity contribution is 0.857. The van der Waals surface area contributed by atoms with Crippen LogP contribution < -0.4 is 0 Å². The van der Waals surface area contributed by atoms with Crippen molar-refractivity contribution in [2.24, 2.45) is 0 Å². The lowest BCUT2D eigenvalue weighted by Gasteiger charge is -2.24. The van der Waals surface area contributed by atoms with Crippen molar-refractivity contribution in [2.75, 3.05) is 0 Å². The van der Waals surface area contributed by atoms with Crippen LogP contribution in [0, 0.1) is 34.0 Å². The Morgan fingerprint density at radius 2 is 1.38 bits per heavy atom. The summed E-state index contributed by atoms with van der Waals surface area (Å²) in [5.74, 6) is 0.0870. The third kappa shape index (κ3) is 4.51. The number of hydrogen-bond acceptors (Lipinski definition) is 3. The Hall–Kier alpha value is -6.87. The molecule has 0 bridgehead atoms. The second-order valence-corrected chi connectivity index (χ2v) is 13.0. The molecule has 0 saturated carbocycles. The highest BCUT2D eigenvalue weighted by atomic mass is 15.0.